The van der Waals surface area contributed by atoms with Gasteiger partial charge in [0.15, 0.2) is 11.5 Å². The molecular formula is C19H23NO2. The van der Waals surface area contributed by atoms with E-state index < -0.39 is 0 Å². The molecule has 1 aliphatic carbocycles. The molecule has 0 saturated heterocycles. The Morgan fingerprint density at radius 2 is 1.86 bits per heavy atom. The van der Waals surface area contributed by atoms with Gasteiger partial charge >= 0.3 is 0 Å². The molecule has 1 N–H and O–H groups in total. The fourth-order valence-corrected chi connectivity index (χ4v) is 3.32. The lowest BCUT2D eigenvalue weighted by atomic mass is 10.0. The Hall–Kier alpha value is -2.00. The summed E-state index contributed by atoms with van der Waals surface area (Å²) in [6.07, 6.45) is 2.23. The van der Waals surface area contributed by atoms with Crippen molar-refractivity contribution in [2.45, 2.75) is 25.3 Å². The van der Waals surface area contributed by atoms with Crippen LogP contribution in [0.3, 0.4) is 0 Å². The van der Waals surface area contributed by atoms with Crippen molar-refractivity contribution < 1.29 is 9.47 Å². The maximum Gasteiger partial charge on any atom is 0.164 e. The largest absolute Gasteiger partial charge is 0.493 e. The van der Waals surface area contributed by atoms with E-state index in [1.165, 1.54) is 23.1 Å². The molecule has 2 aromatic rings. The summed E-state index contributed by atoms with van der Waals surface area (Å²) in [5.74, 6) is 2.29. The second kappa shape index (κ2) is 6.84. The lowest BCUT2D eigenvalue weighted by Crippen LogP contribution is -2.20. The summed E-state index contributed by atoms with van der Waals surface area (Å²) in [5.41, 5.74) is 4.04. The smallest absolute Gasteiger partial charge is 0.164 e. The van der Waals surface area contributed by atoms with Crippen molar-refractivity contribution in [3.05, 3.63) is 59.2 Å². The van der Waals surface area contributed by atoms with Crippen molar-refractivity contribution in [2.75, 3.05) is 20.8 Å². The Morgan fingerprint density at radius 1 is 1.05 bits per heavy atom. The molecule has 0 heterocycles. The Kier molecular flexibility index (Phi) is 4.64. The number of hydrogen-bond donors (Lipinski definition) is 1. The monoisotopic (exact) mass is 297 g/mol. The fraction of sp³-hybridized carbons (Fsp3) is 0.368. The van der Waals surface area contributed by atoms with Gasteiger partial charge in [-0.25, -0.2) is 0 Å². The summed E-state index contributed by atoms with van der Waals surface area (Å²) in [5, 5.41) is 3.58. The van der Waals surface area contributed by atoms with Crippen molar-refractivity contribution in [3.8, 4) is 11.5 Å². The molecular weight excluding hydrogens is 274 g/mol. The summed E-state index contributed by atoms with van der Waals surface area (Å²) >= 11 is 0. The lowest BCUT2D eigenvalue weighted by Gasteiger charge is -2.15. The third kappa shape index (κ3) is 2.95. The number of rotatable bonds is 6. The molecule has 3 nitrogen and oxygen atoms in total. The van der Waals surface area contributed by atoms with Crippen LogP contribution in [0.4, 0.5) is 0 Å². The molecule has 2 aromatic carbocycles. The topological polar surface area (TPSA) is 30.5 Å². The van der Waals surface area contributed by atoms with Crippen LogP contribution < -0.4 is 14.8 Å². The normalized spacial score (nSPS) is 16.4. The van der Waals surface area contributed by atoms with E-state index in [1.54, 1.807) is 14.2 Å². The van der Waals surface area contributed by atoms with Gasteiger partial charge in [-0.05, 0) is 36.0 Å². The van der Waals surface area contributed by atoms with E-state index in [0.29, 0.717) is 5.92 Å². The first-order valence-electron chi connectivity index (χ1n) is 7.82. The summed E-state index contributed by atoms with van der Waals surface area (Å²) in [6.45, 7) is 1.91. The number of methoxy groups -OCH3 is 2. The van der Waals surface area contributed by atoms with Crippen molar-refractivity contribution in [3.63, 3.8) is 0 Å². The van der Waals surface area contributed by atoms with Crippen LogP contribution >= 0.6 is 0 Å². The fourth-order valence-electron chi connectivity index (χ4n) is 3.32. The van der Waals surface area contributed by atoms with Gasteiger partial charge in [0.1, 0.15) is 0 Å². The van der Waals surface area contributed by atoms with Crippen LogP contribution in [0, 0.1) is 0 Å². The summed E-state index contributed by atoms with van der Waals surface area (Å²) in [6, 6.07) is 14.7. The Bertz CT molecular complexity index is 625. The zero-order chi connectivity index (χ0) is 15.4. The van der Waals surface area contributed by atoms with Crippen LogP contribution in [0.15, 0.2) is 42.5 Å². The molecule has 1 aliphatic rings. The van der Waals surface area contributed by atoms with Gasteiger partial charge in [0.25, 0.3) is 0 Å². The highest BCUT2D eigenvalue weighted by atomic mass is 16.5. The van der Waals surface area contributed by atoms with E-state index in [4.69, 9.17) is 9.47 Å². The molecule has 0 radical (unpaired) electrons. The molecule has 0 amide bonds. The first-order chi connectivity index (χ1) is 10.8. The van der Waals surface area contributed by atoms with Gasteiger partial charge in [-0.3, -0.25) is 0 Å². The summed E-state index contributed by atoms with van der Waals surface area (Å²) < 4.78 is 11.0. The Labute approximate surface area is 132 Å². The van der Waals surface area contributed by atoms with Gasteiger partial charge in [0, 0.05) is 18.7 Å². The van der Waals surface area contributed by atoms with Crippen molar-refractivity contribution >= 4 is 0 Å². The van der Waals surface area contributed by atoms with Crippen LogP contribution in [0.1, 0.15) is 29.0 Å². The van der Waals surface area contributed by atoms with E-state index in [-0.39, 0.29) is 0 Å². The standard InChI is InChI=1S/C19H23NO2/c1-21-18-11-10-16-15(8-9-17(16)19(18)22-2)13-20-12-14-6-4-3-5-7-14/h3-7,10-11,15,20H,8-9,12-13H2,1-2H3. The molecule has 0 aliphatic heterocycles. The highest BCUT2D eigenvalue weighted by Crippen LogP contribution is 2.42. The van der Waals surface area contributed by atoms with Gasteiger partial charge in [-0.1, -0.05) is 36.4 Å². The van der Waals surface area contributed by atoms with Crippen LogP contribution in [-0.4, -0.2) is 20.8 Å². The van der Waals surface area contributed by atoms with Crippen LogP contribution in [0.2, 0.25) is 0 Å². The SMILES string of the molecule is COc1ccc2c(c1OC)CCC2CNCc1ccccc1. The van der Waals surface area contributed by atoms with E-state index in [1.807, 2.05) is 6.07 Å². The average Bonchev–Trinajstić information content (AvgIpc) is 2.98. The highest BCUT2D eigenvalue weighted by molar-refractivity contribution is 5.54. The molecule has 0 bridgehead atoms. The highest BCUT2D eigenvalue weighted by Gasteiger charge is 2.26. The molecule has 116 valence electrons. The molecule has 3 heteroatoms. The Morgan fingerprint density at radius 3 is 2.59 bits per heavy atom. The van der Waals surface area contributed by atoms with Crippen molar-refractivity contribution in [1.29, 1.82) is 0 Å². The zero-order valence-corrected chi connectivity index (χ0v) is 13.3. The minimum atomic E-state index is 0.554. The number of fused-ring (bicyclic) bond motifs is 1. The molecule has 22 heavy (non-hydrogen) atoms. The number of hydrogen-bond acceptors (Lipinski definition) is 3. The second-order valence-electron chi connectivity index (χ2n) is 5.72. The first kappa shape index (κ1) is 14.9. The van der Waals surface area contributed by atoms with Gasteiger partial charge in [0.2, 0.25) is 0 Å². The van der Waals surface area contributed by atoms with Crippen LogP contribution in [0.5, 0.6) is 11.5 Å². The van der Waals surface area contributed by atoms with Crippen LogP contribution in [0.25, 0.3) is 0 Å². The number of benzene rings is 2. The second-order valence-corrected chi connectivity index (χ2v) is 5.72. The quantitative estimate of drug-likeness (QED) is 0.885. The molecule has 0 aromatic heterocycles. The predicted octanol–water partition coefficient (Wildman–Crippen LogP) is 3.52. The molecule has 1 unspecified atom stereocenters. The van der Waals surface area contributed by atoms with E-state index in [0.717, 1.165) is 31.0 Å². The zero-order valence-electron chi connectivity index (χ0n) is 13.3. The maximum absolute atomic E-state index is 5.56. The number of ether oxygens (including phenoxy) is 2. The Balaban J connectivity index is 1.67. The summed E-state index contributed by atoms with van der Waals surface area (Å²) in [4.78, 5) is 0. The molecule has 0 fully saturated rings. The molecule has 0 spiro atoms. The first-order valence-corrected chi connectivity index (χ1v) is 7.82. The van der Waals surface area contributed by atoms with Gasteiger partial charge in [0.05, 0.1) is 14.2 Å². The van der Waals surface area contributed by atoms with Crippen molar-refractivity contribution in [1.82, 2.24) is 5.32 Å². The van der Waals surface area contributed by atoms with E-state index >= 15 is 0 Å². The van der Waals surface area contributed by atoms with E-state index in [9.17, 15) is 0 Å². The van der Waals surface area contributed by atoms with E-state index in [2.05, 4.69) is 41.7 Å². The third-order valence-electron chi connectivity index (χ3n) is 4.43. The molecule has 0 saturated carbocycles. The van der Waals surface area contributed by atoms with Gasteiger partial charge in [-0.15, -0.1) is 0 Å². The third-order valence-corrected chi connectivity index (χ3v) is 4.43. The molecule has 3 rings (SSSR count). The van der Waals surface area contributed by atoms with Gasteiger partial charge < -0.3 is 14.8 Å². The number of nitrogens with one attached hydrogen (secondary N) is 1. The predicted molar refractivity (Wildman–Crippen MR) is 88.8 cm³/mol. The summed E-state index contributed by atoms with van der Waals surface area (Å²) in [7, 11) is 3.41. The minimum absolute atomic E-state index is 0.554. The maximum atomic E-state index is 5.56. The average molecular weight is 297 g/mol. The van der Waals surface area contributed by atoms with Crippen LogP contribution in [-0.2, 0) is 13.0 Å². The van der Waals surface area contributed by atoms with Gasteiger partial charge in [-0.2, -0.15) is 0 Å². The molecule has 1 atom stereocenters. The van der Waals surface area contributed by atoms with Crippen molar-refractivity contribution in [2.24, 2.45) is 0 Å². The minimum Gasteiger partial charge on any atom is -0.493 e. The lowest BCUT2D eigenvalue weighted by molar-refractivity contribution is 0.352.